The normalized spacial score (nSPS) is 14.4. The summed E-state index contributed by atoms with van der Waals surface area (Å²) in [7, 11) is 0. The highest BCUT2D eigenvalue weighted by Crippen LogP contribution is 2.48. The van der Waals surface area contributed by atoms with Gasteiger partial charge in [-0.3, -0.25) is 0 Å². The van der Waals surface area contributed by atoms with Gasteiger partial charge in [0, 0.05) is 0 Å². The molecule has 7 aromatic carbocycles. The third-order valence-corrected chi connectivity index (χ3v) is 7.12. The minimum atomic E-state index is 1.14. The number of aryl methyl sites for hydroxylation is 1. The van der Waals surface area contributed by atoms with Crippen LogP contribution in [0, 0.1) is 0 Å². The zero-order chi connectivity index (χ0) is 18.0. The van der Waals surface area contributed by atoms with E-state index in [4.69, 9.17) is 0 Å². The number of hydrogen-bond donors (Lipinski definition) is 0. The molecule has 0 fully saturated rings. The lowest BCUT2D eigenvalue weighted by atomic mass is 9.84. The van der Waals surface area contributed by atoms with E-state index in [0.29, 0.717) is 0 Å². The fourth-order valence-electron chi connectivity index (χ4n) is 6.18. The van der Waals surface area contributed by atoms with Crippen LogP contribution < -0.4 is 5.22 Å². The van der Waals surface area contributed by atoms with Crippen molar-refractivity contribution in [2.45, 2.75) is 12.8 Å². The van der Waals surface area contributed by atoms with Gasteiger partial charge in [0.1, 0.15) is 0 Å². The van der Waals surface area contributed by atoms with Crippen molar-refractivity contribution >= 4 is 70.7 Å². The Morgan fingerprint density at radius 1 is 0.500 bits per heavy atom. The highest BCUT2D eigenvalue weighted by Gasteiger charge is 2.23. The highest BCUT2D eigenvalue weighted by atomic mass is 14.3. The van der Waals surface area contributed by atoms with E-state index in [2.05, 4.69) is 72.8 Å². The van der Waals surface area contributed by atoms with Gasteiger partial charge < -0.3 is 0 Å². The summed E-state index contributed by atoms with van der Waals surface area (Å²) in [6.45, 7) is 0. The number of rotatable bonds is 0. The van der Waals surface area contributed by atoms with Crippen molar-refractivity contribution < 1.29 is 0 Å². The van der Waals surface area contributed by atoms with Crippen LogP contribution in [-0.2, 0) is 6.42 Å². The first kappa shape index (κ1) is 13.7. The van der Waals surface area contributed by atoms with E-state index in [9.17, 15) is 0 Å². The van der Waals surface area contributed by atoms with Crippen molar-refractivity contribution in [3.05, 3.63) is 77.5 Å². The zero-order valence-electron chi connectivity index (χ0n) is 15.3. The summed E-state index contributed by atoms with van der Waals surface area (Å²) in [5, 5.41) is 18.7. The molecule has 0 atom stereocenters. The van der Waals surface area contributed by atoms with Crippen LogP contribution in [0.3, 0.4) is 0 Å². The molecule has 0 aromatic heterocycles. The van der Waals surface area contributed by atoms with Gasteiger partial charge >= 0.3 is 0 Å². The van der Waals surface area contributed by atoms with Gasteiger partial charge in [-0.15, -0.1) is 0 Å². The lowest BCUT2D eigenvalue weighted by Gasteiger charge is -2.19. The molecule has 1 aliphatic rings. The molecular weight excluding hydrogens is 336 g/mol. The predicted molar refractivity (Wildman–Crippen MR) is 122 cm³/mol. The molecule has 0 saturated carbocycles. The highest BCUT2D eigenvalue weighted by molar-refractivity contribution is 6.41. The van der Waals surface area contributed by atoms with Crippen molar-refractivity contribution in [3.63, 3.8) is 0 Å². The second-order valence-electron chi connectivity index (χ2n) is 8.40. The Balaban J connectivity index is 1.90. The van der Waals surface area contributed by atoms with Gasteiger partial charge in [0.25, 0.3) is 0 Å². The summed E-state index contributed by atoms with van der Waals surface area (Å²) in [4.78, 5) is 0. The monoisotopic (exact) mass is 352 g/mol. The summed E-state index contributed by atoms with van der Waals surface area (Å²) in [5.41, 5.74) is 1.57. The number of hydrogen-bond acceptors (Lipinski definition) is 0. The van der Waals surface area contributed by atoms with Gasteiger partial charge in [-0.2, -0.15) is 0 Å². The Bertz CT molecular complexity index is 1800. The molecule has 0 saturated heterocycles. The first-order chi connectivity index (χ1) is 13.9. The summed E-state index contributed by atoms with van der Waals surface area (Å²) in [6, 6.07) is 25.4. The van der Waals surface area contributed by atoms with Gasteiger partial charge in [-0.05, 0) is 100 Å². The molecule has 0 heteroatoms. The van der Waals surface area contributed by atoms with Gasteiger partial charge in [-0.1, -0.05) is 60.7 Å². The molecular formula is C28H16. The van der Waals surface area contributed by atoms with Crippen LogP contribution in [0.2, 0.25) is 0 Å². The van der Waals surface area contributed by atoms with Crippen LogP contribution in [0.15, 0.2) is 66.7 Å². The van der Waals surface area contributed by atoms with Crippen LogP contribution in [0.1, 0.15) is 12.0 Å². The van der Waals surface area contributed by atoms with Gasteiger partial charge in [0.15, 0.2) is 0 Å². The first-order valence-corrected chi connectivity index (χ1v) is 10.2. The van der Waals surface area contributed by atoms with Crippen molar-refractivity contribution in [1.29, 1.82) is 0 Å². The summed E-state index contributed by atoms with van der Waals surface area (Å²) in [5.74, 6) is 0. The van der Waals surface area contributed by atoms with E-state index < -0.39 is 0 Å². The van der Waals surface area contributed by atoms with Crippen LogP contribution in [-0.4, -0.2) is 0 Å². The molecule has 0 heterocycles. The Morgan fingerprint density at radius 3 is 1.75 bits per heavy atom. The maximum absolute atomic E-state index is 2.44. The fourth-order valence-corrected chi connectivity index (χ4v) is 6.18. The smallest absolute Gasteiger partial charge is 0.00167 e. The maximum atomic E-state index is 2.44. The lowest BCUT2D eigenvalue weighted by molar-refractivity contribution is 1.05. The van der Waals surface area contributed by atoms with Gasteiger partial charge in [-0.25, -0.2) is 0 Å². The van der Waals surface area contributed by atoms with E-state index in [1.54, 1.807) is 5.56 Å². The second-order valence-corrected chi connectivity index (χ2v) is 8.40. The molecule has 0 bridgehead atoms. The molecule has 0 unspecified atom stereocenters. The zero-order valence-corrected chi connectivity index (χ0v) is 15.3. The Hall–Kier alpha value is -3.38. The Morgan fingerprint density at radius 2 is 1.07 bits per heavy atom. The van der Waals surface area contributed by atoms with Crippen molar-refractivity contribution in [1.82, 2.24) is 0 Å². The van der Waals surface area contributed by atoms with Crippen molar-refractivity contribution in [3.8, 4) is 0 Å². The van der Waals surface area contributed by atoms with Gasteiger partial charge in [0.2, 0.25) is 0 Å². The standard InChI is InChI=1S/C28H16/c1-5-15-13-16-6-2-11-21-24(16)23(15)19(9-1)27-20-10-3-7-17-14-18-8-4-12-22(28(21)27)26(18)25(17)20/h1-3,5-11,13-14H,4,12H2. The molecule has 28 heavy (non-hydrogen) atoms. The summed E-state index contributed by atoms with van der Waals surface area (Å²) < 4.78 is 0. The maximum Gasteiger partial charge on any atom is -0.00167 e. The largest absolute Gasteiger partial charge is 0.0763 e. The van der Waals surface area contributed by atoms with Crippen LogP contribution >= 0.6 is 0 Å². The van der Waals surface area contributed by atoms with Crippen LogP contribution in [0.5, 0.6) is 0 Å². The minimum absolute atomic E-state index is 1.14. The average Bonchev–Trinajstić information content (AvgIpc) is 3.31. The molecule has 1 aliphatic carbocycles. The number of fused-ring (bicyclic) bond motifs is 5. The van der Waals surface area contributed by atoms with E-state index in [-0.39, 0.29) is 0 Å². The molecule has 0 N–H and O–H groups in total. The van der Waals surface area contributed by atoms with Crippen LogP contribution in [0.25, 0.3) is 70.7 Å². The Kier molecular flexibility index (Phi) is 2.14. The molecule has 128 valence electrons. The quantitative estimate of drug-likeness (QED) is 0.260. The van der Waals surface area contributed by atoms with E-state index in [1.165, 1.54) is 69.9 Å². The van der Waals surface area contributed by atoms with E-state index in [1.807, 2.05) is 0 Å². The third kappa shape index (κ3) is 1.35. The van der Waals surface area contributed by atoms with Crippen LogP contribution in [0.4, 0.5) is 0 Å². The molecule has 0 nitrogen and oxygen atoms in total. The second kappa shape index (κ2) is 4.36. The number of benzene rings is 5. The van der Waals surface area contributed by atoms with Crippen molar-refractivity contribution in [2.24, 2.45) is 0 Å². The summed E-state index contributed by atoms with van der Waals surface area (Å²) >= 11 is 0. The third-order valence-electron chi connectivity index (χ3n) is 7.12. The van der Waals surface area contributed by atoms with Crippen molar-refractivity contribution in [2.75, 3.05) is 0 Å². The Labute approximate surface area is 161 Å². The average molecular weight is 352 g/mol. The van der Waals surface area contributed by atoms with Gasteiger partial charge in [0.05, 0.1) is 0 Å². The SMILES string of the molecule is C1=c2cc3cccc4c3c2c(c2c3cccc5cc6cccc(c42)c6c53)CC1. The molecule has 0 spiro atoms. The molecule has 0 radical (unpaired) electrons. The first-order valence-electron chi connectivity index (χ1n) is 10.2. The van der Waals surface area contributed by atoms with E-state index >= 15 is 0 Å². The summed E-state index contributed by atoms with van der Waals surface area (Å²) in [6.07, 6.45) is 4.72. The molecule has 0 amide bonds. The predicted octanol–water partition coefficient (Wildman–Crippen LogP) is 6.93. The molecule has 7 aromatic rings. The molecule has 0 aliphatic heterocycles. The minimum Gasteiger partial charge on any atom is -0.0763 e. The van der Waals surface area contributed by atoms with E-state index in [0.717, 1.165) is 12.8 Å². The fraction of sp³-hybridized carbons (Fsp3) is 0.0714. The molecule has 8 rings (SSSR count). The lowest BCUT2D eigenvalue weighted by Crippen LogP contribution is -2.06. The topological polar surface area (TPSA) is 0 Å².